The molecule has 0 amide bonds. The molecule has 0 atom stereocenters. The SMILES string of the molecule is OC1=CC=C(C2(c3ccc(O)cc3)CCCCC2)CC1. The highest BCUT2D eigenvalue weighted by molar-refractivity contribution is 5.42. The Morgan fingerprint density at radius 1 is 0.800 bits per heavy atom. The molecule has 0 heterocycles. The van der Waals surface area contributed by atoms with Crippen molar-refractivity contribution in [2.24, 2.45) is 0 Å². The minimum atomic E-state index is 0.114. The summed E-state index contributed by atoms with van der Waals surface area (Å²) in [6.45, 7) is 0. The van der Waals surface area contributed by atoms with E-state index in [2.05, 4.69) is 18.2 Å². The molecule has 0 aliphatic heterocycles. The second-order valence-corrected chi connectivity index (χ2v) is 6.04. The molecule has 2 N–H and O–H groups in total. The quantitative estimate of drug-likeness (QED) is 0.813. The summed E-state index contributed by atoms with van der Waals surface area (Å²) in [5, 5.41) is 19.1. The Labute approximate surface area is 120 Å². The number of aromatic hydroxyl groups is 1. The van der Waals surface area contributed by atoms with Gasteiger partial charge in [0.1, 0.15) is 5.75 Å². The van der Waals surface area contributed by atoms with Crippen LogP contribution in [0.4, 0.5) is 0 Å². The largest absolute Gasteiger partial charge is 0.512 e. The lowest BCUT2D eigenvalue weighted by Gasteiger charge is -2.41. The predicted octanol–water partition coefficient (Wildman–Crippen LogP) is 4.76. The molecular formula is C18H22O2. The topological polar surface area (TPSA) is 40.5 Å². The Bertz CT molecular complexity index is 531. The molecule has 0 spiro atoms. The van der Waals surface area contributed by atoms with Crippen molar-refractivity contribution in [1.29, 1.82) is 0 Å². The van der Waals surface area contributed by atoms with Crippen molar-refractivity contribution in [3.63, 3.8) is 0 Å². The number of phenols is 1. The second kappa shape index (κ2) is 5.35. The molecule has 2 heteroatoms. The average Bonchev–Trinajstić information content (AvgIpc) is 2.49. The first-order valence-electron chi connectivity index (χ1n) is 7.59. The van der Waals surface area contributed by atoms with Crippen LogP contribution in [0.25, 0.3) is 0 Å². The summed E-state index contributed by atoms with van der Waals surface area (Å²) in [6, 6.07) is 7.73. The molecule has 0 saturated heterocycles. The highest BCUT2D eigenvalue weighted by atomic mass is 16.3. The lowest BCUT2D eigenvalue weighted by molar-refractivity contribution is 0.321. The van der Waals surface area contributed by atoms with Gasteiger partial charge in [0.15, 0.2) is 0 Å². The fraction of sp³-hybridized carbons (Fsp3) is 0.444. The summed E-state index contributed by atoms with van der Waals surface area (Å²) in [6.07, 6.45) is 11.9. The van der Waals surface area contributed by atoms with Crippen LogP contribution in [0.3, 0.4) is 0 Å². The Morgan fingerprint density at radius 2 is 1.50 bits per heavy atom. The number of phenolic OH excluding ortho intramolecular Hbond substituents is 1. The lowest BCUT2D eigenvalue weighted by atomic mass is 9.63. The second-order valence-electron chi connectivity index (χ2n) is 6.04. The van der Waals surface area contributed by atoms with E-state index in [0.29, 0.717) is 11.5 Å². The van der Waals surface area contributed by atoms with Gasteiger partial charge < -0.3 is 10.2 Å². The summed E-state index contributed by atoms with van der Waals surface area (Å²) < 4.78 is 0. The highest BCUT2D eigenvalue weighted by Gasteiger charge is 2.37. The maximum Gasteiger partial charge on any atom is 0.115 e. The number of aliphatic hydroxyl groups is 1. The van der Waals surface area contributed by atoms with Crippen LogP contribution in [-0.2, 0) is 5.41 Å². The number of hydrogen-bond acceptors (Lipinski definition) is 2. The van der Waals surface area contributed by atoms with Crippen LogP contribution < -0.4 is 0 Å². The van der Waals surface area contributed by atoms with Crippen LogP contribution in [0.15, 0.2) is 47.7 Å². The van der Waals surface area contributed by atoms with E-state index >= 15 is 0 Å². The summed E-state index contributed by atoms with van der Waals surface area (Å²) in [5.74, 6) is 0.820. The first kappa shape index (κ1) is 13.3. The molecule has 0 bridgehead atoms. The van der Waals surface area contributed by atoms with Crippen LogP contribution >= 0.6 is 0 Å². The van der Waals surface area contributed by atoms with Crippen molar-refractivity contribution in [1.82, 2.24) is 0 Å². The molecule has 0 radical (unpaired) electrons. The van der Waals surface area contributed by atoms with Gasteiger partial charge in [-0.05, 0) is 43.0 Å². The van der Waals surface area contributed by atoms with Crippen molar-refractivity contribution in [2.45, 2.75) is 50.4 Å². The molecule has 1 saturated carbocycles. The molecule has 2 aliphatic rings. The first-order valence-corrected chi connectivity index (χ1v) is 7.59. The standard InChI is InChI=1S/C18H22O2/c19-16-8-4-14(5-9-16)18(12-2-1-3-13-18)15-6-10-17(20)11-7-15/h4-6,8-10,19-20H,1-3,7,11-13H2. The molecular weight excluding hydrogens is 248 g/mol. The molecule has 3 rings (SSSR count). The van der Waals surface area contributed by atoms with Gasteiger partial charge in [0.25, 0.3) is 0 Å². The fourth-order valence-electron chi connectivity index (χ4n) is 3.76. The zero-order valence-electron chi connectivity index (χ0n) is 11.8. The van der Waals surface area contributed by atoms with Crippen LogP contribution in [0.1, 0.15) is 50.5 Å². The Kier molecular flexibility index (Phi) is 3.56. The molecule has 20 heavy (non-hydrogen) atoms. The highest BCUT2D eigenvalue weighted by Crippen LogP contribution is 2.47. The van der Waals surface area contributed by atoms with E-state index in [-0.39, 0.29) is 5.41 Å². The maximum atomic E-state index is 9.60. The van der Waals surface area contributed by atoms with Gasteiger partial charge in [0.05, 0.1) is 5.76 Å². The van der Waals surface area contributed by atoms with Crippen molar-refractivity contribution in [2.75, 3.05) is 0 Å². The minimum Gasteiger partial charge on any atom is -0.512 e. The van der Waals surface area contributed by atoms with Crippen molar-refractivity contribution >= 4 is 0 Å². The van der Waals surface area contributed by atoms with E-state index in [0.717, 1.165) is 12.8 Å². The van der Waals surface area contributed by atoms with E-state index in [1.165, 1.54) is 43.2 Å². The number of aliphatic hydroxyl groups excluding tert-OH is 1. The third-order valence-electron chi connectivity index (χ3n) is 4.87. The smallest absolute Gasteiger partial charge is 0.115 e. The summed E-state index contributed by atoms with van der Waals surface area (Å²) in [7, 11) is 0. The Morgan fingerprint density at radius 3 is 2.10 bits per heavy atom. The Hall–Kier alpha value is -1.70. The van der Waals surface area contributed by atoms with Gasteiger partial charge in [-0.3, -0.25) is 0 Å². The maximum absolute atomic E-state index is 9.60. The number of benzene rings is 1. The monoisotopic (exact) mass is 270 g/mol. The van der Waals surface area contributed by atoms with Crippen LogP contribution in [0, 0.1) is 0 Å². The van der Waals surface area contributed by atoms with Crippen molar-refractivity contribution in [3.05, 3.63) is 53.3 Å². The van der Waals surface area contributed by atoms with E-state index in [9.17, 15) is 10.2 Å². The summed E-state index contributed by atoms with van der Waals surface area (Å²) >= 11 is 0. The van der Waals surface area contributed by atoms with Gasteiger partial charge in [-0.25, -0.2) is 0 Å². The lowest BCUT2D eigenvalue weighted by Crippen LogP contribution is -2.32. The molecule has 2 nitrogen and oxygen atoms in total. The van der Waals surface area contributed by atoms with E-state index in [4.69, 9.17) is 0 Å². The predicted molar refractivity (Wildman–Crippen MR) is 80.9 cm³/mol. The number of hydrogen-bond donors (Lipinski definition) is 2. The summed E-state index contributed by atoms with van der Waals surface area (Å²) in [4.78, 5) is 0. The van der Waals surface area contributed by atoms with Crippen LogP contribution in [0.2, 0.25) is 0 Å². The van der Waals surface area contributed by atoms with Gasteiger partial charge in [0, 0.05) is 11.8 Å². The zero-order valence-corrected chi connectivity index (χ0v) is 11.8. The molecule has 1 aromatic rings. The fourth-order valence-corrected chi connectivity index (χ4v) is 3.76. The molecule has 106 valence electrons. The third kappa shape index (κ3) is 2.35. The zero-order chi connectivity index (χ0) is 14.0. The van der Waals surface area contributed by atoms with Crippen LogP contribution in [-0.4, -0.2) is 10.2 Å². The number of allylic oxidation sites excluding steroid dienone is 4. The molecule has 2 aliphatic carbocycles. The van der Waals surface area contributed by atoms with Gasteiger partial charge in [0.2, 0.25) is 0 Å². The summed E-state index contributed by atoms with van der Waals surface area (Å²) in [5.41, 5.74) is 2.88. The molecule has 0 aromatic heterocycles. The number of rotatable bonds is 2. The third-order valence-corrected chi connectivity index (χ3v) is 4.87. The molecule has 0 unspecified atom stereocenters. The molecule has 1 fully saturated rings. The first-order chi connectivity index (χ1) is 9.71. The van der Waals surface area contributed by atoms with Gasteiger partial charge in [-0.2, -0.15) is 0 Å². The van der Waals surface area contributed by atoms with Crippen molar-refractivity contribution in [3.8, 4) is 5.75 Å². The van der Waals surface area contributed by atoms with Gasteiger partial charge >= 0.3 is 0 Å². The average molecular weight is 270 g/mol. The van der Waals surface area contributed by atoms with Crippen LogP contribution in [0.5, 0.6) is 5.75 Å². The molecule has 1 aromatic carbocycles. The van der Waals surface area contributed by atoms with E-state index in [1.807, 2.05) is 6.08 Å². The van der Waals surface area contributed by atoms with E-state index < -0.39 is 0 Å². The van der Waals surface area contributed by atoms with E-state index in [1.54, 1.807) is 12.1 Å². The minimum absolute atomic E-state index is 0.114. The Balaban J connectivity index is 2.02. The normalized spacial score (nSPS) is 22.0. The van der Waals surface area contributed by atoms with Gasteiger partial charge in [-0.1, -0.05) is 43.0 Å². The van der Waals surface area contributed by atoms with Crippen molar-refractivity contribution < 1.29 is 10.2 Å². The van der Waals surface area contributed by atoms with Gasteiger partial charge in [-0.15, -0.1) is 0 Å².